The van der Waals surface area contributed by atoms with Gasteiger partial charge in [0, 0.05) is 12.5 Å². The van der Waals surface area contributed by atoms with Crippen LogP contribution in [0.5, 0.6) is 0 Å². The van der Waals surface area contributed by atoms with E-state index in [4.69, 9.17) is 0 Å². The minimum absolute atomic E-state index is 0.690. The van der Waals surface area contributed by atoms with Gasteiger partial charge >= 0.3 is 0 Å². The molecule has 2 N–H and O–H groups in total. The van der Waals surface area contributed by atoms with Gasteiger partial charge in [-0.05, 0) is 44.2 Å². The van der Waals surface area contributed by atoms with Crippen LogP contribution in [0, 0.1) is 6.92 Å². The lowest BCUT2D eigenvalue weighted by atomic mass is 9.75. The molecule has 1 aromatic carbocycles. The molecular formula is C16H22N4. The van der Waals surface area contributed by atoms with Gasteiger partial charge in [0.1, 0.15) is 12.2 Å². The normalized spacial score (nSPS) is 21.6. The summed E-state index contributed by atoms with van der Waals surface area (Å²) in [7, 11) is 0. The van der Waals surface area contributed by atoms with Gasteiger partial charge in [-0.2, -0.15) is 5.10 Å². The largest absolute Gasteiger partial charge is 0.314 e. The van der Waals surface area contributed by atoms with Crippen LogP contribution in [0.2, 0.25) is 0 Å². The molecule has 0 unspecified atom stereocenters. The smallest absolute Gasteiger partial charge is 0.137 e. The molecule has 1 saturated carbocycles. The highest BCUT2D eigenvalue weighted by molar-refractivity contribution is 5.27. The van der Waals surface area contributed by atoms with Crippen LogP contribution in [-0.2, 0) is 6.42 Å². The fraction of sp³-hybridized carbons (Fsp3) is 0.500. The van der Waals surface area contributed by atoms with Crippen LogP contribution >= 0.6 is 0 Å². The number of benzene rings is 1. The summed E-state index contributed by atoms with van der Waals surface area (Å²) in [6.07, 6.45) is 6.19. The fourth-order valence-corrected chi connectivity index (χ4v) is 2.89. The SMILES string of the molecule is Cc1cccc(C2CC(NCCCc3ncn[nH]3)C2)c1. The molecule has 0 amide bonds. The van der Waals surface area contributed by atoms with Crippen LogP contribution in [0.4, 0.5) is 0 Å². The van der Waals surface area contributed by atoms with E-state index in [1.807, 2.05) is 0 Å². The van der Waals surface area contributed by atoms with E-state index in [1.165, 1.54) is 24.0 Å². The third kappa shape index (κ3) is 3.25. The van der Waals surface area contributed by atoms with Crippen molar-refractivity contribution in [1.29, 1.82) is 0 Å². The predicted molar refractivity (Wildman–Crippen MR) is 79.6 cm³/mol. The number of nitrogens with zero attached hydrogens (tertiary/aromatic N) is 2. The molecule has 106 valence electrons. The van der Waals surface area contributed by atoms with Gasteiger partial charge in [0.25, 0.3) is 0 Å². The molecular weight excluding hydrogens is 248 g/mol. The Hall–Kier alpha value is -1.68. The summed E-state index contributed by atoms with van der Waals surface area (Å²) < 4.78 is 0. The number of rotatable bonds is 6. The maximum Gasteiger partial charge on any atom is 0.137 e. The van der Waals surface area contributed by atoms with Crippen molar-refractivity contribution in [1.82, 2.24) is 20.5 Å². The lowest BCUT2D eigenvalue weighted by Crippen LogP contribution is -2.40. The molecule has 0 aliphatic heterocycles. The van der Waals surface area contributed by atoms with E-state index in [9.17, 15) is 0 Å². The lowest BCUT2D eigenvalue weighted by Gasteiger charge is -2.36. The Balaban J connectivity index is 1.34. The summed E-state index contributed by atoms with van der Waals surface area (Å²) in [5, 5.41) is 10.4. The Morgan fingerprint density at radius 2 is 2.25 bits per heavy atom. The summed E-state index contributed by atoms with van der Waals surface area (Å²) in [4.78, 5) is 4.13. The zero-order chi connectivity index (χ0) is 13.8. The van der Waals surface area contributed by atoms with Crippen LogP contribution in [-0.4, -0.2) is 27.8 Å². The van der Waals surface area contributed by atoms with E-state index in [2.05, 4.69) is 51.7 Å². The van der Waals surface area contributed by atoms with Crippen LogP contribution < -0.4 is 5.32 Å². The van der Waals surface area contributed by atoms with Crippen molar-refractivity contribution >= 4 is 0 Å². The van der Waals surface area contributed by atoms with Crippen LogP contribution in [0.3, 0.4) is 0 Å². The van der Waals surface area contributed by atoms with E-state index in [-0.39, 0.29) is 0 Å². The molecule has 0 radical (unpaired) electrons. The molecule has 3 rings (SSSR count). The van der Waals surface area contributed by atoms with Gasteiger partial charge in [-0.3, -0.25) is 5.10 Å². The number of hydrogen-bond acceptors (Lipinski definition) is 3. The van der Waals surface area contributed by atoms with E-state index in [1.54, 1.807) is 6.33 Å². The van der Waals surface area contributed by atoms with Crippen molar-refractivity contribution in [3.63, 3.8) is 0 Å². The third-order valence-electron chi connectivity index (χ3n) is 4.14. The van der Waals surface area contributed by atoms with Gasteiger partial charge in [-0.15, -0.1) is 0 Å². The van der Waals surface area contributed by atoms with E-state index in [0.717, 1.165) is 31.1 Å². The average molecular weight is 270 g/mol. The number of aromatic nitrogens is 3. The average Bonchev–Trinajstić information content (AvgIpc) is 2.89. The first-order chi connectivity index (χ1) is 9.81. The maximum absolute atomic E-state index is 4.13. The van der Waals surface area contributed by atoms with Crippen molar-refractivity contribution in [2.75, 3.05) is 6.54 Å². The summed E-state index contributed by atoms with van der Waals surface area (Å²) in [5.74, 6) is 1.74. The van der Waals surface area contributed by atoms with E-state index < -0.39 is 0 Å². The zero-order valence-corrected chi connectivity index (χ0v) is 12.0. The molecule has 0 saturated heterocycles. The minimum atomic E-state index is 0.690. The van der Waals surface area contributed by atoms with Crippen LogP contribution in [0.25, 0.3) is 0 Å². The Kier molecular flexibility index (Phi) is 4.11. The molecule has 0 atom stereocenters. The third-order valence-corrected chi connectivity index (χ3v) is 4.14. The fourth-order valence-electron chi connectivity index (χ4n) is 2.89. The predicted octanol–water partition coefficient (Wildman–Crippen LogP) is 2.58. The first-order valence-electron chi connectivity index (χ1n) is 7.45. The molecule has 1 aliphatic carbocycles. The molecule has 1 aliphatic rings. The van der Waals surface area contributed by atoms with Gasteiger partial charge in [0.2, 0.25) is 0 Å². The highest BCUT2D eigenvalue weighted by Crippen LogP contribution is 2.36. The maximum atomic E-state index is 4.13. The number of nitrogens with one attached hydrogen (secondary N) is 2. The summed E-state index contributed by atoms with van der Waals surface area (Å²) in [5.41, 5.74) is 2.87. The zero-order valence-electron chi connectivity index (χ0n) is 12.0. The Labute approximate surface area is 120 Å². The first kappa shape index (κ1) is 13.3. The van der Waals surface area contributed by atoms with Crippen molar-refractivity contribution in [3.8, 4) is 0 Å². The van der Waals surface area contributed by atoms with Gasteiger partial charge in [0.15, 0.2) is 0 Å². The second kappa shape index (κ2) is 6.18. The van der Waals surface area contributed by atoms with Crippen molar-refractivity contribution in [2.24, 2.45) is 0 Å². The molecule has 1 heterocycles. The minimum Gasteiger partial charge on any atom is -0.314 e. The number of hydrogen-bond donors (Lipinski definition) is 2. The van der Waals surface area contributed by atoms with Crippen molar-refractivity contribution in [3.05, 3.63) is 47.5 Å². The van der Waals surface area contributed by atoms with Gasteiger partial charge in [-0.25, -0.2) is 4.98 Å². The van der Waals surface area contributed by atoms with E-state index >= 15 is 0 Å². The summed E-state index contributed by atoms with van der Waals surface area (Å²) >= 11 is 0. The molecule has 20 heavy (non-hydrogen) atoms. The Morgan fingerprint density at radius 3 is 3.00 bits per heavy atom. The molecule has 4 heteroatoms. The highest BCUT2D eigenvalue weighted by Gasteiger charge is 2.29. The van der Waals surface area contributed by atoms with Crippen molar-refractivity contribution in [2.45, 2.75) is 44.6 Å². The molecule has 0 bridgehead atoms. The Bertz CT molecular complexity index is 529. The Morgan fingerprint density at radius 1 is 1.35 bits per heavy atom. The molecule has 0 spiro atoms. The lowest BCUT2D eigenvalue weighted by molar-refractivity contribution is 0.290. The number of H-pyrrole nitrogens is 1. The second-order valence-electron chi connectivity index (χ2n) is 5.77. The summed E-state index contributed by atoms with van der Waals surface area (Å²) in [6.45, 7) is 3.23. The molecule has 2 aromatic rings. The van der Waals surface area contributed by atoms with Crippen LogP contribution in [0.15, 0.2) is 30.6 Å². The molecule has 4 nitrogen and oxygen atoms in total. The van der Waals surface area contributed by atoms with Gasteiger partial charge < -0.3 is 5.32 Å². The second-order valence-corrected chi connectivity index (χ2v) is 5.77. The highest BCUT2D eigenvalue weighted by atomic mass is 15.2. The van der Waals surface area contributed by atoms with E-state index in [0.29, 0.717) is 6.04 Å². The topological polar surface area (TPSA) is 53.6 Å². The molecule has 1 aromatic heterocycles. The first-order valence-corrected chi connectivity index (χ1v) is 7.45. The summed E-state index contributed by atoms with van der Waals surface area (Å²) in [6, 6.07) is 9.61. The monoisotopic (exact) mass is 270 g/mol. The molecule has 1 fully saturated rings. The van der Waals surface area contributed by atoms with Crippen LogP contribution in [0.1, 0.15) is 42.1 Å². The quantitative estimate of drug-likeness (QED) is 0.793. The standard InChI is InChI=1S/C16H22N4/c1-12-4-2-5-13(8-12)14-9-15(10-14)17-7-3-6-16-18-11-19-20-16/h2,4-5,8,11,14-15,17H,3,6-7,9-10H2,1H3,(H,18,19,20). The number of aromatic amines is 1. The van der Waals surface area contributed by atoms with Crippen molar-refractivity contribution < 1.29 is 0 Å². The van der Waals surface area contributed by atoms with Gasteiger partial charge in [-0.1, -0.05) is 29.8 Å². The number of aryl methyl sites for hydroxylation is 2. The van der Waals surface area contributed by atoms with Gasteiger partial charge in [0.05, 0.1) is 0 Å².